The van der Waals surface area contributed by atoms with Gasteiger partial charge in [0.2, 0.25) is 0 Å². The topological polar surface area (TPSA) is 73.4 Å². The number of hydrogen-bond acceptors (Lipinski definition) is 5. The largest absolute Gasteiger partial charge is 0.465 e. The molecule has 0 bridgehead atoms. The van der Waals surface area contributed by atoms with E-state index in [9.17, 15) is 4.79 Å². The van der Waals surface area contributed by atoms with E-state index in [2.05, 4.69) is 65.8 Å². The fraction of sp³-hybridized carbons (Fsp3) is 0.379. The summed E-state index contributed by atoms with van der Waals surface area (Å²) in [7, 11) is 5.54. The standard InChI is InChI=1S/C27H32N4O2.C2H6/c1-5-6-7-21-15-23-25(31(21)17-19-10-8-18(9-11-19)16-30(2)3)22-13-12-20(27(32)33-4)14-24(22)29-26(23)28;1-2/h8-15H,5-7,16-17H2,1-4H3,(H2,28,29);1-2H3. The molecule has 0 unspecified atom stereocenters. The van der Waals surface area contributed by atoms with Gasteiger partial charge in [0.1, 0.15) is 5.82 Å². The Morgan fingerprint density at radius 3 is 2.34 bits per heavy atom. The van der Waals surface area contributed by atoms with E-state index >= 15 is 0 Å². The highest BCUT2D eigenvalue weighted by Gasteiger charge is 2.17. The second-order valence-electron chi connectivity index (χ2n) is 8.86. The summed E-state index contributed by atoms with van der Waals surface area (Å²) in [4.78, 5) is 18.8. The number of anilines is 1. The molecule has 35 heavy (non-hydrogen) atoms. The minimum Gasteiger partial charge on any atom is -0.465 e. The Labute approximate surface area is 208 Å². The van der Waals surface area contributed by atoms with Gasteiger partial charge >= 0.3 is 5.97 Å². The molecule has 2 aromatic carbocycles. The van der Waals surface area contributed by atoms with E-state index in [1.807, 2.05) is 19.9 Å². The molecular weight excluding hydrogens is 436 g/mol. The summed E-state index contributed by atoms with van der Waals surface area (Å²) >= 11 is 0. The molecule has 0 aliphatic heterocycles. The summed E-state index contributed by atoms with van der Waals surface area (Å²) in [6, 6.07) is 16.5. The highest BCUT2D eigenvalue weighted by atomic mass is 16.5. The number of ether oxygens (including phenoxy) is 1. The molecular formula is C29H38N4O2. The third kappa shape index (κ3) is 5.82. The molecule has 2 N–H and O–H groups in total. The fourth-order valence-electron chi connectivity index (χ4n) is 4.39. The molecule has 0 aliphatic carbocycles. The monoisotopic (exact) mass is 474 g/mol. The molecule has 0 saturated carbocycles. The first kappa shape index (κ1) is 26.2. The number of hydrogen-bond donors (Lipinski definition) is 1. The summed E-state index contributed by atoms with van der Waals surface area (Å²) in [5.74, 6) is 0.103. The number of carbonyl (C=O) groups excluding carboxylic acids is 1. The van der Waals surface area contributed by atoms with Crippen LogP contribution in [0.2, 0.25) is 0 Å². The lowest BCUT2D eigenvalue weighted by molar-refractivity contribution is 0.0601. The molecule has 2 aromatic heterocycles. The van der Waals surface area contributed by atoms with Crippen molar-refractivity contribution >= 4 is 33.6 Å². The molecule has 0 fully saturated rings. The Bertz CT molecular complexity index is 1290. The zero-order valence-electron chi connectivity index (χ0n) is 21.9. The van der Waals surface area contributed by atoms with Gasteiger partial charge in [0.15, 0.2) is 0 Å². The van der Waals surface area contributed by atoms with Crippen molar-refractivity contribution in [1.82, 2.24) is 14.5 Å². The van der Waals surface area contributed by atoms with Gasteiger partial charge in [0.25, 0.3) is 0 Å². The average molecular weight is 475 g/mol. The Kier molecular flexibility index (Phi) is 8.88. The fourth-order valence-corrected chi connectivity index (χ4v) is 4.39. The minimum absolute atomic E-state index is 0.380. The second kappa shape index (κ2) is 11.8. The Morgan fingerprint density at radius 1 is 1.03 bits per heavy atom. The molecule has 6 heteroatoms. The van der Waals surface area contributed by atoms with Crippen molar-refractivity contribution in [2.45, 2.75) is 53.1 Å². The van der Waals surface area contributed by atoms with Gasteiger partial charge < -0.3 is 19.9 Å². The molecule has 0 amide bonds. The summed E-state index contributed by atoms with van der Waals surface area (Å²) in [5.41, 5.74) is 12.4. The number of fused-ring (bicyclic) bond motifs is 3. The van der Waals surface area contributed by atoms with E-state index in [-0.39, 0.29) is 5.97 Å². The molecule has 186 valence electrons. The molecule has 6 nitrogen and oxygen atoms in total. The number of aromatic nitrogens is 2. The molecule has 0 radical (unpaired) electrons. The summed E-state index contributed by atoms with van der Waals surface area (Å²) in [6.45, 7) is 7.88. The van der Waals surface area contributed by atoms with Crippen molar-refractivity contribution in [3.05, 3.63) is 70.9 Å². The van der Waals surface area contributed by atoms with E-state index < -0.39 is 0 Å². The third-order valence-electron chi connectivity index (χ3n) is 6.02. The van der Waals surface area contributed by atoms with Crippen LogP contribution >= 0.6 is 0 Å². The van der Waals surface area contributed by atoms with Gasteiger partial charge in [0, 0.05) is 29.6 Å². The second-order valence-corrected chi connectivity index (χ2v) is 8.86. The van der Waals surface area contributed by atoms with E-state index in [4.69, 9.17) is 10.5 Å². The number of rotatable bonds is 8. The number of pyridine rings is 1. The van der Waals surface area contributed by atoms with E-state index in [0.29, 0.717) is 16.9 Å². The van der Waals surface area contributed by atoms with Crippen LogP contribution in [-0.2, 0) is 24.2 Å². The Morgan fingerprint density at radius 2 is 1.71 bits per heavy atom. The number of unbranched alkanes of at least 4 members (excludes halogenated alkanes) is 1. The van der Waals surface area contributed by atoms with Crippen LogP contribution in [-0.4, -0.2) is 41.6 Å². The lowest BCUT2D eigenvalue weighted by Gasteiger charge is -2.14. The SMILES string of the molecule is CC.CCCCc1cc2c(N)nc3cc(C(=O)OC)ccc3c2n1Cc1ccc(CN(C)C)cc1. The van der Waals surface area contributed by atoms with Gasteiger partial charge in [-0.25, -0.2) is 9.78 Å². The van der Waals surface area contributed by atoms with Crippen molar-refractivity contribution in [3.63, 3.8) is 0 Å². The van der Waals surface area contributed by atoms with Gasteiger partial charge in [-0.3, -0.25) is 0 Å². The van der Waals surface area contributed by atoms with Crippen LogP contribution in [0.5, 0.6) is 0 Å². The first-order valence-corrected chi connectivity index (χ1v) is 12.4. The van der Waals surface area contributed by atoms with Crippen LogP contribution < -0.4 is 5.73 Å². The van der Waals surface area contributed by atoms with E-state index in [0.717, 1.165) is 48.6 Å². The molecule has 0 atom stereocenters. The van der Waals surface area contributed by atoms with Crippen molar-refractivity contribution in [3.8, 4) is 0 Å². The van der Waals surface area contributed by atoms with Crippen LogP contribution in [0.3, 0.4) is 0 Å². The third-order valence-corrected chi connectivity index (χ3v) is 6.02. The lowest BCUT2D eigenvalue weighted by atomic mass is 10.1. The first-order valence-electron chi connectivity index (χ1n) is 12.4. The van der Waals surface area contributed by atoms with Gasteiger partial charge in [0.05, 0.1) is 23.7 Å². The minimum atomic E-state index is -0.380. The van der Waals surface area contributed by atoms with Gasteiger partial charge in [-0.15, -0.1) is 0 Å². The highest BCUT2D eigenvalue weighted by molar-refractivity contribution is 6.10. The van der Waals surface area contributed by atoms with Crippen molar-refractivity contribution < 1.29 is 9.53 Å². The normalized spacial score (nSPS) is 11.1. The van der Waals surface area contributed by atoms with E-state index in [1.165, 1.54) is 23.9 Å². The van der Waals surface area contributed by atoms with Crippen LogP contribution in [0, 0.1) is 0 Å². The number of nitrogens with two attached hydrogens (primary N) is 1. The maximum Gasteiger partial charge on any atom is 0.337 e. The van der Waals surface area contributed by atoms with Crippen LogP contribution in [0.1, 0.15) is 60.8 Å². The van der Waals surface area contributed by atoms with Crippen LogP contribution in [0.4, 0.5) is 5.82 Å². The van der Waals surface area contributed by atoms with Crippen molar-refractivity contribution in [2.75, 3.05) is 26.9 Å². The maximum atomic E-state index is 12.0. The maximum absolute atomic E-state index is 12.0. The number of nitrogens with zero attached hydrogens (tertiary/aromatic N) is 3. The predicted octanol–water partition coefficient (Wildman–Crippen LogP) is 6.04. The van der Waals surface area contributed by atoms with Crippen LogP contribution in [0.15, 0.2) is 48.5 Å². The molecule has 0 spiro atoms. The van der Waals surface area contributed by atoms with Crippen molar-refractivity contribution in [2.24, 2.45) is 0 Å². The smallest absolute Gasteiger partial charge is 0.337 e. The molecule has 2 heterocycles. The highest BCUT2D eigenvalue weighted by Crippen LogP contribution is 2.33. The number of esters is 1. The van der Waals surface area contributed by atoms with Crippen molar-refractivity contribution in [1.29, 1.82) is 0 Å². The molecule has 4 aromatic rings. The summed E-state index contributed by atoms with van der Waals surface area (Å²) < 4.78 is 7.25. The Balaban J connectivity index is 0.00000167. The first-order chi connectivity index (χ1) is 16.9. The lowest BCUT2D eigenvalue weighted by Crippen LogP contribution is -2.10. The zero-order chi connectivity index (χ0) is 25.5. The summed E-state index contributed by atoms with van der Waals surface area (Å²) in [5, 5.41) is 1.95. The van der Waals surface area contributed by atoms with Gasteiger partial charge in [-0.05, 0) is 62.3 Å². The number of benzene rings is 2. The number of carbonyl (C=O) groups is 1. The molecule has 0 saturated heterocycles. The van der Waals surface area contributed by atoms with E-state index in [1.54, 1.807) is 12.1 Å². The number of aryl methyl sites for hydroxylation is 1. The predicted molar refractivity (Wildman–Crippen MR) is 146 cm³/mol. The molecule has 4 rings (SSSR count). The average Bonchev–Trinajstić information content (AvgIpc) is 3.22. The van der Waals surface area contributed by atoms with Crippen LogP contribution in [0.25, 0.3) is 21.8 Å². The zero-order valence-corrected chi connectivity index (χ0v) is 21.9. The molecule has 0 aliphatic rings. The number of methoxy groups -OCH3 is 1. The summed E-state index contributed by atoms with van der Waals surface area (Å²) in [6.07, 6.45) is 3.21. The van der Waals surface area contributed by atoms with Gasteiger partial charge in [-0.1, -0.05) is 51.5 Å². The Hall–Kier alpha value is -3.38. The quantitative estimate of drug-likeness (QED) is 0.315. The number of nitrogen functional groups attached to an aromatic ring is 1. The van der Waals surface area contributed by atoms with Gasteiger partial charge in [-0.2, -0.15) is 0 Å².